The number of β-lactam (4-membered cyclic amide) rings is 1. The van der Waals surface area contributed by atoms with Crippen molar-refractivity contribution in [2.75, 3.05) is 6.61 Å². The molecule has 0 aromatic carbocycles. The van der Waals surface area contributed by atoms with Crippen molar-refractivity contribution in [1.29, 1.82) is 0 Å². The van der Waals surface area contributed by atoms with Crippen LogP contribution in [0.25, 0.3) is 0 Å². The second-order valence-electron chi connectivity index (χ2n) is 4.88. The molecule has 100 valence electrons. The van der Waals surface area contributed by atoms with Crippen LogP contribution >= 0.6 is 11.8 Å². The maximum atomic E-state index is 11.9. The molecule has 0 unspecified atom stereocenters. The molecule has 19 heavy (non-hydrogen) atoms. The molecule has 2 fully saturated rings. The van der Waals surface area contributed by atoms with Crippen molar-refractivity contribution in [2.45, 2.75) is 36.1 Å². The number of hydrogen-bond acceptors (Lipinski definition) is 6. The number of thioether (sulfide) groups is 1. The van der Waals surface area contributed by atoms with Crippen LogP contribution in [0.4, 0.5) is 0 Å². The summed E-state index contributed by atoms with van der Waals surface area (Å²) in [5, 5.41) is 28.8. The van der Waals surface area contributed by atoms with Crippen molar-refractivity contribution in [3.63, 3.8) is 0 Å². The first-order chi connectivity index (χ1) is 8.29. The smallest absolute Gasteiger partial charge is 0.548 e. The summed E-state index contributed by atoms with van der Waals surface area (Å²) in [6.07, 6.45) is 0.182. The summed E-state index contributed by atoms with van der Waals surface area (Å²) in [7, 11) is 0. The zero-order chi connectivity index (χ0) is 13.7. The molecule has 0 bridgehead atoms. The maximum absolute atomic E-state index is 11.9. The Bertz CT molecular complexity index is 439. The van der Waals surface area contributed by atoms with Gasteiger partial charge in [-0.1, -0.05) is 0 Å². The number of rotatable bonds is 3. The SMILES string of the molecule is CC1(C)S[C@@H]2/C(=C\[C@H](O)CO)C(=O)N2[C@H]1C(=O)[O-].[K+]. The minimum absolute atomic E-state index is 0. The largest absolute Gasteiger partial charge is 1.00 e. The van der Waals surface area contributed by atoms with Crippen LogP contribution in [0.2, 0.25) is 0 Å². The van der Waals surface area contributed by atoms with Gasteiger partial charge in [-0.2, -0.15) is 0 Å². The molecule has 0 spiro atoms. The van der Waals surface area contributed by atoms with Crippen LogP contribution in [-0.2, 0) is 9.59 Å². The molecule has 2 N–H and O–H groups in total. The van der Waals surface area contributed by atoms with Crippen molar-refractivity contribution in [1.82, 2.24) is 4.90 Å². The van der Waals surface area contributed by atoms with Gasteiger partial charge < -0.3 is 25.0 Å². The summed E-state index contributed by atoms with van der Waals surface area (Å²) in [4.78, 5) is 24.2. The quantitative estimate of drug-likeness (QED) is 0.308. The topological polar surface area (TPSA) is 101 Å². The van der Waals surface area contributed by atoms with Crippen LogP contribution in [-0.4, -0.2) is 55.9 Å². The molecule has 0 aliphatic carbocycles. The van der Waals surface area contributed by atoms with E-state index in [9.17, 15) is 19.8 Å². The van der Waals surface area contributed by atoms with E-state index in [0.29, 0.717) is 5.57 Å². The molecule has 8 heteroatoms. The first-order valence-electron chi connectivity index (χ1n) is 5.51. The Morgan fingerprint density at radius 1 is 1.63 bits per heavy atom. The van der Waals surface area contributed by atoms with Gasteiger partial charge in [0, 0.05) is 10.3 Å². The average Bonchev–Trinajstić information content (AvgIpc) is 2.54. The van der Waals surface area contributed by atoms with E-state index in [2.05, 4.69) is 0 Å². The molecule has 2 rings (SSSR count). The molecule has 1 amide bonds. The van der Waals surface area contributed by atoms with Gasteiger partial charge in [0.15, 0.2) is 0 Å². The molecule has 0 aromatic rings. The van der Waals surface area contributed by atoms with E-state index < -0.39 is 35.4 Å². The third-order valence-corrected chi connectivity index (χ3v) is 4.67. The zero-order valence-electron chi connectivity index (χ0n) is 11.0. The summed E-state index contributed by atoms with van der Waals surface area (Å²) in [6.45, 7) is 3.01. The van der Waals surface area contributed by atoms with Crippen LogP contribution in [0.5, 0.6) is 0 Å². The second-order valence-corrected chi connectivity index (χ2v) is 6.61. The van der Waals surface area contributed by atoms with Crippen LogP contribution < -0.4 is 56.5 Å². The molecule has 2 saturated heterocycles. The van der Waals surface area contributed by atoms with E-state index in [-0.39, 0.29) is 56.8 Å². The summed E-state index contributed by atoms with van der Waals surface area (Å²) >= 11 is 1.34. The first kappa shape index (κ1) is 17.6. The predicted molar refractivity (Wildman–Crippen MR) is 62.3 cm³/mol. The fourth-order valence-electron chi connectivity index (χ4n) is 2.32. The number of amides is 1. The normalized spacial score (nSPS) is 31.5. The van der Waals surface area contributed by atoms with Gasteiger partial charge in [-0.05, 0) is 19.9 Å². The van der Waals surface area contributed by atoms with Gasteiger partial charge in [-0.15, -0.1) is 11.8 Å². The van der Waals surface area contributed by atoms with Gasteiger partial charge in [0.25, 0.3) is 5.91 Å². The fourth-order valence-corrected chi connectivity index (χ4v) is 3.87. The number of carbonyl (C=O) groups is 2. The summed E-state index contributed by atoms with van der Waals surface area (Å²) in [6, 6.07) is -0.969. The van der Waals surface area contributed by atoms with Crippen LogP contribution in [0, 0.1) is 0 Å². The third-order valence-electron chi connectivity index (χ3n) is 3.13. The number of carboxylic acids is 1. The standard InChI is InChI=1S/C11H15NO5S.K/c1-11(2)7(10(16)17)12-8(15)6(9(12)18-11)3-5(14)4-13;/h3,5,7,9,13-14H,4H2,1-2H3,(H,16,17);/q;+1/p-1/b6-3-;/t5-,7-,9+;/m0./s1. The molecule has 6 nitrogen and oxygen atoms in total. The van der Waals surface area contributed by atoms with Crippen molar-refractivity contribution in [2.24, 2.45) is 0 Å². The Hall–Kier alpha value is 0.586. The Morgan fingerprint density at radius 3 is 2.68 bits per heavy atom. The van der Waals surface area contributed by atoms with E-state index in [4.69, 9.17) is 5.11 Å². The van der Waals surface area contributed by atoms with Crippen molar-refractivity contribution in [3.8, 4) is 0 Å². The van der Waals surface area contributed by atoms with E-state index in [1.54, 1.807) is 13.8 Å². The fraction of sp³-hybridized carbons (Fsp3) is 0.636. The van der Waals surface area contributed by atoms with E-state index in [1.807, 2.05) is 0 Å². The molecule has 2 aliphatic heterocycles. The van der Waals surface area contributed by atoms with Crippen molar-refractivity contribution >= 4 is 23.6 Å². The van der Waals surface area contributed by atoms with Gasteiger partial charge in [-0.25, -0.2) is 0 Å². The molecule has 3 atom stereocenters. The Labute approximate surface area is 157 Å². The number of aliphatic carboxylic acids is 1. The van der Waals surface area contributed by atoms with Crippen LogP contribution in [0.3, 0.4) is 0 Å². The number of nitrogens with zero attached hydrogens (tertiary/aromatic N) is 1. The van der Waals surface area contributed by atoms with Crippen LogP contribution in [0.1, 0.15) is 13.8 Å². The zero-order valence-corrected chi connectivity index (χ0v) is 14.9. The first-order valence-corrected chi connectivity index (χ1v) is 6.39. The predicted octanol–water partition coefficient (Wildman–Crippen LogP) is -4.92. The average molecular weight is 311 g/mol. The second kappa shape index (κ2) is 6.14. The third kappa shape index (κ3) is 2.96. The molecule has 2 aliphatic rings. The monoisotopic (exact) mass is 311 g/mol. The van der Waals surface area contributed by atoms with Crippen LogP contribution in [0.15, 0.2) is 11.6 Å². The molecule has 2 heterocycles. The minimum atomic E-state index is -1.27. The van der Waals surface area contributed by atoms with E-state index >= 15 is 0 Å². The Morgan fingerprint density at radius 2 is 2.21 bits per heavy atom. The molecule has 0 aromatic heterocycles. The summed E-state index contributed by atoms with van der Waals surface area (Å²) in [5.74, 6) is -1.69. The number of carboxylic acid groups (broad SMARTS) is 1. The number of fused-ring (bicyclic) bond motifs is 1. The maximum Gasteiger partial charge on any atom is 1.00 e. The Balaban J connectivity index is 0.00000180. The van der Waals surface area contributed by atoms with Gasteiger partial charge in [-0.3, -0.25) is 4.79 Å². The number of aliphatic hydroxyl groups is 2. The van der Waals surface area contributed by atoms with Gasteiger partial charge in [0.2, 0.25) is 0 Å². The van der Waals surface area contributed by atoms with Gasteiger partial charge in [0.05, 0.1) is 24.7 Å². The van der Waals surface area contributed by atoms with Gasteiger partial charge >= 0.3 is 51.4 Å². The molecule has 0 radical (unpaired) electrons. The summed E-state index contributed by atoms with van der Waals surface area (Å²) < 4.78 is -0.640. The molecular weight excluding hydrogens is 297 g/mol. The number of aliphatic hydroxyl groups excluding tert-OH is 2. The molecular formula is C11H14KNO5S. The van der Waals surface area contributed by atoms with Crippen molar-refractivity contribution < 1.29 is 76.3 Å². The minimum Gasteiger partial charge on any atom is -0.548 e. The van der Waals surface area contributed by atoms with E-state index in [0.717, 1.165) is 0 Å². The van der Waals surface area contributed by atoms with Gasteiger partial charge in [0.1, 0.15) is 5.37 Å². The number of hydrogen-bond donors (Lipinski definition) is 2. The van der Waals surface area contributed by atoms with Crippen molar-refractivity contribution in [3.05, 3.63) is 11.6 Å². The molecule has 0 saturated carbocycles. The van der Waals surface area contributed by atoms with E-state index in [1.165, 1.54) is 22.7 Å². The number of carbonyl (C=O) groups excluding carboxylic acids is 2. The Kier molecular flexibility index (Phi) is 5.70. The summed E-state index contributed by atoms with van der Waals surface area (Å²) in [5.41, 5.74) is 0.346.